The third-order valence-electron chi connectivity index (χ3n) is 3.17. The first-order valence-electron chi connectivity index (χ1n) is 5.83. The molecule has 2 aliphatic rings. The van der Waals surface area contributed by atoms with Gasteiger partial charge in [0.2, 0.25) is 5.91 Å². The second kappa shape index (κ2) is 4.49. The molecule has 0 aliphatic carbocycles. The molecule has 2 saturated heterocycles. The van der Waals surface area contributed by atoms with E-state index in [2.05, 4.69) is 19.2 Å². The monoisotopic (exact) mass is 212 g/mol. The zero-order chi connectivity index (χ0) is 10.8. The van der Waals surface area contributed by atoms with Crippen molar-refractivity contribution in [1.82, 2.24) is 10.2 Å². The highest BCUT2D eigenvalue weighted by atomic mass is 16.5. The van der Waals surface area contributed by atoms with E-state index in [0.29, 0.717) is 12.5 Å². The molecule has 1 amide bonds. The SMILES string of the molecule is CC(C)C1NCC(=O)N1CC1CCCO1. The van der Waals surface area contributed by atoms with E-state index < -0.39 is 0 Å². The Balaban J connectivity index is 1.94. The molecule has 2 aliphatic heterocycles. The summed E-state index contributed by atoms with van der Waals surface area (Å²) in [5.74, 6) is 0.669. The van der Waals surface area contributed by atoms with E-state index in [4.69, 9.17) is 4.74 Å². The molecule has 0 aromatic carbocycles. The predicted molar refractivity (Wildman–Crippen MR) is 57.3 cm³/mol. The second-order valence-corrected chi connectivity index (χ2v) is 4.75. The quantitative estimate of drug-likeness (QED) is 0.744. The Morgan fingerprint density at radius 2 is 2.40 bits per heavy atom. The lowest BCUT2D eigenvalue weighted by molar-refractivity contribution is -0.130. The Morgan fingerprint density at radius 1 is 1.60 bits per heavy atom. The van der Waals surface area contributed by atoms with Crippen LogP contribution in [0.15, 0.2) is 0 Å². The molecule has 0 radical (unpaired) electrons. The molecule has 0 bridgehead atoms. The lowest BCUT2D eigenvalue weighted by Crippen LogP contribution is -2.44. The largest absolute Gasteiger partial charge is 0.376 e. The molecule has 0 aromatic rings. The number of carbonyl (C=O) groups is 1. The molecular weight excluding hydrogens is 192 g/mol. The summed E-state index contributed by atoms with van der Waals surface area (Å²) in [6.07, 6.45) is 2.68. The summed E-state index contributed by atoms with van der Waals surface area (Å²) in [5.41, 5.74) is 0. The van der Waals surface area contributed by atoms with E-state index >= 15 is 0 Å². The highest BCUT2D eigenvalue weighted by molar-refractivity contribution is 5.80. The molecule has 0 saturated carbocycles. The lowest BCUT2D eigenvalue weighted by atomic mass is 10.1. The Hall–Kier alpha value is -0.610. The van der Waals surface area contributed by atoms with Gasteiger partial charge in [-0.05, 0) is 18.8 Å². The molecule has 2 unspecified atom stereocenters. The molecule has 15 heavy (non-hydrogen) atoms. The van der Waals surface area contributed by atoms with Crippen molar-refractivity contribution >= 4 is 5.91 Å². The zero-order valence-corrected chi connectivity index (χ0v) is 9.53. The summed E-state index contributed by atoms with van der Waals surface area (Å²) in [6, 6.07) is 0. The van der Waals surface area contributed by atoms with Crippen LogP contribution in [0.1, 0.15) is 26.7 Å². The van der Waals surface area contributed by atoms with Crippen molar-refractivity contribution in [3.8, 4) is 0 Å². The number of nitrogens with one attached hydrogen (secondary N) is 1. The normalized spacial score (nSPS) is 31.9. The van der Waals surface area contributed by atoms with Gasteiger partial charge in [-0.3, -0.25) is 10.1 Å². The van der Waals surface area contributed by atoms with Crippen LogP contribution < -0.4 is 5.32 Å². The molecule has 2 atom stereocenters. The average molecular weight is 212 g/mol. The van der Waals surface area contributed by atoms with Crippen molar-refractivity contribution in [1.29, 1.82) is 0 Å². The van der Waals surface area contributed by atoms with Crippen LogP contribution in [0.2, 0.25) is 0 Å². The number of rotatable bonds is 3. The summed E-state index contributed by atoms with van der Waals surface area (Å²) >= 11 is 0. The number of hydrogen-bond donors (Lipinski definition) is 1. The van der Waals surface area contributed by atoms with E-state index in [1.165, 1.54) is 0 Å². The summed E-state index contributed by atoms with van der Waals surface area (Å²) < 4.78 is 5.57. The summed E-state index contributed by atoms with van der Waals surface area (Å²) in [6.45, 7) is 6.37. The van der Waals surface area contributed by atoms with Crippen LogP contribution in [0.3, 0.4) is 0 Å². The van der Waals surface area contributed by atoms with Crippen LogP contribution >= 0.6 is 0 Å². The highest BCUT2D eigenvalue weighted by Crippen LogP contribution is 2.19. The number of hydrogen-bond acceptors (Lipinski definition) is 3. The highest BCUT2D eigenvalue weighted by Gasteiger charge is 2.34. The second-order valence-electron chi connectivity index (χ2n) is 4.75. The summed E-state index contributed by atoms with van der Waals surface area (Å²) in [7, 11) is 0. The van der Waals surface area contributed by atoms with E-state index in [0.717, 1.165) is 26.0 Å². The fourth-order valence-electron chi connectivity index (χ4n) is 2.38. The van der Waals surface area contributed by atoms with Gasteiger partial charge in [0, 0.05) is 13.2 Å². The van der Waals surface area contributed by atoms with E-state index in [9.17, 15) is 4.79 Å². The standard InChI is InChI=1S/C11H20N2O2/c1-8(2)11-12-6-10(14)13(11)7-9-4-3-5-15-9/h8-9,11-12H,3-7H2,1-2H3. The minimum Gasteiger partial charge on any atom is -0.376 e. The van der Waals surface area contributed by atoms with E-state index in [1.807, 2.05) is 4.90 Å². The van der Waals surface area contributed by atoms with Crippen molar-refractivity contribution in [3.63, 3.8) is 0 Å². The first kappa shape index (κ1) is 10.9. The van der Waals surface area contributed by atoms with Gasteiger partial charge in [0.15, 0.2) is 0 Å². The first-order chi connectivity index (χ1) is 7.18. The smallest absolute Gasteiger partial charge is 0.237 e. The Labute approximate surface area is 91.0 Å². The fraction of sp³-hybridized carbons (Fsp3) is 0.909. The summed E-state index contributed by atoms with van der Waals surface area (Å²) in [5, 5.41) is 3.25. The van der Waals surface area contributed by atoms with Crippen molar-refractivity contribution < 1.29 is 9.53 Å². The molecule has 2 rings (SSSR count). The fourth-order valence-corrected chi connectivity index (χ4v) is 2.38. The maximum absolute atomic E-state index is 11.7. The number of ether oxygens (including phenoxy) is 1. The minimum absolute atomic E-state index is 0.196. The lowest BCUT2D eigenvalue weighted by Gasteiger charge is -2.29. The van der Waals surface area contributed by atoms with Crippen molar-refractivity contribution in [3.05, 3.63) is 0 Å². The van der Waals surface area contributed by atoms with Gasteiger partial charge in [-0.1, -0.05) is 13.8 Å². The first-order valence-corrected chi connectivity index (χ1v) is 5.83. The topological polar surface area (TPSA) is 41.6 Å². The van der Waals surface area contributed by atoms with E-state index in [-0.39, 0.29) is 18.2 Å². The molecule has 4 heteroatoms. The third kappa shape index (κ3) is 2.32. The van der Waals surface area contributed by atoms with Crippen molar-refractivity contribution in [2.24, 2.45) is 5.92 Å². The molecule has 4 nitrogen and oxygen atoms in total. The predicted octanol–water partition coefficient (Wildman–Crippen LogP) is 0.579. The Kier molecular flexibility index (Phi) is 3.26. The zero-order valence-electron chi connectivity index (χ0n) is 9.53. The number of carbonyl (C=O) groups excluding carboxylic acids is 1. The summed E-state index contributed by atoms with van der Waals surface area (Å²) in [4.78, 5) is 13.6. The van der Waals surface area contributed by atoms with Crippen LogP contribution in [-0.4, -0.2) is 42.8 Å². The molecule has 2 heterocycles. The van der Waals surface area contributed by atoms with Gasteiger partial charge >= 0.3 is 0 Å². The van der Waals surface area contributed by atoms with Gasteiger partial charge in [0.05, 0.1) is 18.8 Å². The van der Waals surface area contributed by atoms with Crippen molar-refractivity contribution in [2.75, 3.05) is 19.7 Å². The van der Waals surface area contributed by atoms with Gasteiger partial charge in [-0.25, -0.2) is 0 Å². The van der Waals surface area contributed by atoms with Gasteiger partial charge in [-0.2, -0.15) is 0 Å². The third-order valence-corrected chi connectivity index (χ3v) is 3.17. The molecular formula is C11H20N2O2. The van der Waals surface area contributed by atoms with Crippen LogP contribution in [-0.2, 0) is 9.53 Å². The molecule has 86 valence electrons. The Bertz CT molecular complexity index is 237. The maximum Gasteiger partial charge on any atom is 0.237 e. The van der Waals surface area contributed by atoms with Crippen molar-refractivity contribution in [2.45, 2.75) is 39.0 Å². The molecule has 2 fully saturated rings. The van der Waals surface area contributed by atoms with Crippen LogP contribution in [0.25, 0.3) is 0 Å². The van der Waals surface area contributed by atoms with E-state index in [1.54, 1.807) is 0 Å². The minimum atomic E-state index is 0.196. The van der Waals surface area contributed by atoms with Gasteiger partial charge < -0.3 is 9.64 Å². The Morgan fingerprint density at radius 3 is 3.00 bits per heavy atom. The molecule has 1 N–H and O–H groups in total. The van der Waals surface area contributed by atoms with Gasteiger partial charge in [0.25, 0.3) is 0 Å². The number of nitrogens with zero attached hydrogens (tertiary/aromatic N) is 1. The van der Waals surface area contributed by atoms with Crippen LogP contribution in [0, 0.1) is 5.92 Å². The average Bonchev–Trinajstić information content (AvgIpc) is 2.78. The van der Waals surface area contributed by atoms with Crippen LogP contribution in [0.4, 0.5) is 0 Å². The van der Waals surface area contributed by atoms with Gasteiger partial charge in [0.1, 0.15) is 0 Å². The van der Waals surface area contributed by atoms with Gasteiger partial charge in [-0.15, -0.1) is 0 Å². The number of amides is 1. The molecule has 0 spiro atoms. The molecule has 0 aromatic heterocycles. The maximum atomic E-state index is 11.7. The van der Waals surface area contributed by atoms with Crippen LogP contribution in [0.5, 0.6) is 0 Å².